The minimum absolute atomic E-state index is 0.0101. The van der Waals surface area contributed by atoms with Crippen molar-refractivity contribution in [2.24, 2.45) is 11.8 Å². The predicted molar refractivity (Wildman–Crippen MR) is 219 cm³/mol. The molecule has 3 aromatic rings. The average molecular weight is 747 g/mol. The number of nitrogens with zero attached hydrogens (tertiary/aromatic N) is 3. The van der Waals surface area contributed by atoms with Crippen molar-refractivity contribution >= 4 is 46.4 Å². The summed E-state index contributed by atoms with van der Waals surface area (Å²) in [5, 5.41) is 10.7. The molecule has 0 unspecified atom stereocenters. The van der Waals surface area contributed by atoms with Crippen LogP contribution in [0.4, 0.5) is 22.7 Å². The summed E-state index contributed by atoms with van der Waals surface area (Å²) in [7, 11) is 0. The van der Waals surface area contributed by atoms with Crippen LogP contribution in [-0.2, 0) is 19.2 Å². The van der Waals surface area contributed by atoms with Crippen molar-refractivity contribution in [2.45, 2.75) is 122 Å². The minimum atomic E-state index is -0.125. The molecule has 3 aromatic carbocycles. The SMILES string of the molecule is CCC(=O)N1c2ccccc2[C@H](Nc2ccc(NC(=O)C3CCN(C(=O)C4CCC(N[C@@H]5C[C@H](C)N(C(=O)CC)c6ccccc65)CC4)CC3)cc2)C[C@@H]1C. The van der Waals surface area contributed by atoms with Crippen molar-refractivity contribution in [3.8, 4) is 0 Å². The number of hydrogen-bond donors (Lipinski definition) is 3. The zero-order valence-electron chi connectivity index (χ0n) is 32.9. The molecule has 2 fully saturated rings. The summed E-state index contributed by atoms with van der Waals surface area (Å²) in [5.74, 6) is 0.465. The first-order valence-corrected chi connectivity index (χ1v) is 20.7. The van der Waals surface area contributed by atoms with Gasteiger partial charge in [-0.1, -0.05) is 50.2 Å². The molecule has 0 aromatic heterocycles. The lowest BCUT2D eigenvalue weighted by atomic mass is 9.83. The second-order valence-corrected chi connectivity index (χ2v) is 16.2. The molecular weight excluding hydrogens is 689 g/mol. The number of piperidine rings is 1. The second-order valence-electron chi connectivity index (χ2n) is 16.2. The number of benzene rings is 3. The maximum Gasteiger partial charge on any atom is 0.227 e. The highest BCUT2D eigenvalue weighted by Crippen LogP contribution is 2.41. The van der Waals surface area contributed by atoms with Crippen molar-refractivity contribution in [1.82, 2.24) is 10.2 Å². The van der Waals surface area contributed by atoms with Crippen LogP contribution in [0.5, 0.6) is 0 Å². The van der Waals surface area contributed by atoms with Gasteiger partial charge in [0.1, 0.15) is 0 Å². The highest BCUT2D eigenvalue weighted by Gasteiger charge is 2.37. The molecule has 1 saturated carbocycles. The topological polar surface area (TPSA) is 114 Å². The molecule has 4 amide bonds. The fourth-order valence-electron chi connectivity index (χ4n) is 9.53. The highest BCUT2D eigenvalue weighted by atomic mass is 16.2. The summed E-state index contributed by atoms with van der Waals surface area (Å²) in [6.07, 6.45) is 7.65. The zero-order chi connectivity index (χ0) is 38.6. The van der Waals surface area contributed by atoms with Gasteiger partial charge in [-0.05, 0) is 113 Å². The van der Waals surface area contributed by atoms with E-state index in [9.17, 15) is 19.2 Å². The molecule has 0 bridgehead atoms. The average Bonchev–Trinajstić information content (AvgIpc) is 3.21. The molecule has 1 aliphatic carbocycles. The van der Waals surface area contributed by atoms with E-state index in [0.29, 0.717) is 44.8 Å². The number of fused-ring (bicyclic) bond motifs is 2. The lowest BCUT2D eigenvalue weighted by molar-refractivity contribution is -0.139. The van der Waals surface area contributed by atoms with Crippen LogP contribution in [-0.4, -0.2) is 59.7 Å². The summed E-state index contributed by atoms with van der Waals surface area (Å²) >= 11 is 0. The molecule has 3 aliphatic heterocycles. The van der Waals surface area contributed by atoms with Gasteiger partial charge in [0.25, 0.3) is 0 Å². The Morgan fingerprint density at radius 3 is 1.69 bits per heavy atom. The maximum absolute atomic E-state index is 13.6. The first-order chi connectivity index (χ1) is 26.6. The van der Waals surface area contributed by atoms with Gasteiger partial charge in [-0.15, -0.1) is 0 Å². The lowest BCUT2D eigenvalue weighted by Gasteiger charge is -2.42. The molecule has 4 aliphatic rings. The Labute approximate surface area is 326 Å². The molecule has 3 heterocycles. The largest absolute Gasteiger partial charge is 0.378 e. The first kappa shape index (κ1) is 38.6. The Hall–Kier alpha value is -4.70. The zero-order valence-corrected chi connectivity index (χ0v) is 32.9. The van der Waals surface area contributed by atoms with Crippen molar-refractivity contribution < 1.29 is 19.2 Å². The van der Waals surface area contributed by atoms with Crippen molar-refractivity contribution in [1.29, 1.82) is 0 Å². The highest BCUT2D eigenvalue weighted by molar-refractivity contribution is 5.96. The van der Waals surface area contributed by atoms with Gasteiger partial charge in [-0.2, -0.15) is 0 Å². The number of likely N-dealkylation sites (tertiary alicyclic amines) is 1. The molecular formula is C45H58N6O4. The van der Waals surface area contributed by atoms with E-state index in [-0.39, 0.29) is 59.6 Å². The third kappa shape index (κ3) is 8.30. The minimum Gasteiger partial charge on any atom is -0.378 e. The quantitative estimate of drug-likeness (QED) is 0.205. The lowest BCUT2D eigenvalue weighted by Crippen LogP contribution is -2.48. The van der Waals surface area contributed by atoms with E-state index >= 15 is 0 Å². The third-order valence-corrected chi connectivity index (χ3v) is 12.5. The van der Waals surface area contributed by atoms with Crippen LogP contribution in [0.15, 0.2) is 72.8 Å². The van der Waals surface area contributed by atoms with Gasteiger partial charge >= 0.3 is 0 Å². The molecule has 3 N–H and O–H groups in total. The van der Waals surface area contributed by atoms with E-state index < -0.39 is 0 Å². The van der Waals surface area contributed by atoms with Crippen LogP contribution in [0.1, 0.15) is 115 Å². The number of carbonyl (C=O) groups is 4. The van der Waals surface area contributed by atoms with E-state index in [1.54, 1.807) is 0 Å². The fourth-order valence-corrected chi connectivity index (χ4v) is 9.53. The number of rotatable bonds is 9. The first-order valence-electron chi connectivity index (χ1n) is 20.7. The van der Waals surface area contributed by atoms with Gasteiger partial charge in [-0.3, -0.25) is 19.2 Å². The smallest absolute Gasteiger partial charge is 0.227 e. The number of anilines is 4. The summed E-state index contributed by atoms with van der Waals surface area (Å²) in [4.78, 5) is 58.3. The normalized spacial score (nSPS) is 25.4. The Balaban J connectivity index is 0.860. The molecule has 0 spiro atoms. The standard InChI is InChI=1S/C45H58N6O4/c1-5-42(52)50-29(3)27-38(36-11-7-9-13-40(36)50)46-33-17-15-32(16-18-33)45(55)49-25-23-31(24-26-49)44(54)48-35-21-19-34(20-22-35)47-39-28-30(4)51(43(53)6-2)41-14-10-8-12-37(39)41/h7-14,19-22,29-33,38-39,46-47H,5-6,15-18,23-28H2,1-4H3,(H,48,54)/t29-,30-,32?,33?,38+,39+/m0/s1. The predicted octanol–water partition coefficient (Wildman–Crippen LogP) is 7.98. The van der Waals surface area contributed by atoms with E-state index in [1.165, 1.54) is 5.56 Å². The number of hydrogen-bond acceptors (Lipinski definition) is 6. The monoisotopic (exact) mass is 746 g/mol. The Morgan fingerprint density at radius 2 is 1.13 bits per heavy atom. The summed E-state index contributed by atoms with van der Waals surface area (Å²) in [6.45, 7) is 9.30. The molecule has 10 nitrogen and oxygen atoms in total. The number of carbonyl (C=O) groups excluding carboxylic acids is 4. The van der Waals surface area contributed by atoms with Gasteiger partial charge < -0.3 is 30.7 Å². The molecule has 10 heteroatoms. The van der Waals surface area contributed by atoms with Crippen LogP contribution >= 0.6 is 0 Å². The van der Waals surface area contributed by atoms with Gasteiger partial charge in [0.2, 0.25) is 23.6 Å². The van der Waals surface area contributed by atoms with Crippen LogP contribution in [0.25, 0.3) is 0 Å². The van der Waals surface area contributed by atoms with Crippen LogP contribution in [0, 0.1) is 11.8 Å². The summed E-state index contributed by atoms with van der Waals surface area (Å²) < 4.78 is 0. The molecule has 55 heavy (non-hydrogen) atoms. The maximum atomic E-state index is 13.6. The van der Waals surface area contributed by atoms with Gasteiger partial charge in [0.05, 0.1) is 6.04 Å². The number of nitrogens with one attached hydrogen (secondary N) is 3. The summed E-state index contributed by atoms with van der Waals surface area (Å²) in [5.41, 5.74) is 6.02. The Morgan fingerprint density at radius 1 is 0.618 bits per heavy atom. The summed E-state index contributed by atoms with van der Waals surface area (Å²) in [6, 6.07) is 25.1. The van der Waals surface area contributed by atoms with Crippen molar-refractivity contribution in [2.75, 3.05) is 33.5 Å². The van der Waals surface area contributed by atoms with E-state index in [2.05, 4.69) is 54.1 Å². The van der Waals surface area contributed by atoms with E-state index in [1.807, 2.05) is 77.1 Å². The number of amides is 4. The molecule has 4 atom stereocenters. The van der Waals surface area contributed by atoms with Gasteiger partial charge in [-0.25, -0.2) is 0 Å². The number of para-hydroxylation sites is 2. The van der Waals surface area contributed by atoms with Crippen LogP contribution in [0.3, 0.4) is 0 Å². The third-order valence-electron chi connectivity index (χ3n) is 12.5. The van der Waals surface area contributed by atoms with E-state index in [4.69, 9.17) is 0 Å². The Bertz CT molecular complexity index is 1850. The van der Waals surface area contributed by atoms with Gasteiger partial charge in [0, 0.05) is 84.7 Å². The van der Waals surface area contributed by atoms with Gasteiger partial charge in [0.15, 0.2) is 0 Å². The van der Waals surface area contributed by atoms with Crippen LogP contribution in [0.2, 0.25) is 0 Å². The van der Waals surface area contributed by atoms with E-state index in [0.717, 1.165) is 66.8 Å². The molecule has 1 saturated heterocycles. The molecule has 0 radical (unpaired) electrons. The van der Waals surface area contributed by atoms with Crippen molar-refractivity contribution in [3.63, 3.8) is 0 Å². The second kappa shape index (κ2) is 17.0. The fraction of sp³-hybridized carbons (Fsp3) is 0.511. The Kier molecular flexibility index (Phi) is 11.9. The van der Waals surface area contributed by atoms with Crippen LogP contribution < -0.4 is 25.8 Å². The molecule has 7 rings (SSSR count). The van der Waals surface area contributed by atoms with Crippen molar-refractivity contribution in [3.05, 3.63) is 83.9 Å². The molecule has 292 valence electrons.